The number of thiocarbonyl (C=S) groups is 1. The molecule has 0 aromatic carbocycles. The third-order valence-corrected chi connectivity index (χ3v) is 2.19. The molecule has 0 aliphatic carbocycles. The Kier molecular flexibility index (Phi) is 6.07. The summed E-state index contributed by atoms with van der Waals surface area (Å²) in [7, 11) is 3.05. The fourth-order valence-corrected chi connectivity index (χ4v) is 1.21. The van der Waals surface area contributed by atoms with E-state index in [9.17, 15) is 13.2 Å². The minimum atomic E-state index is -4.38. The molecule has 0 saturated carbocycles. The molecule has 2 N–H and O–H groups in total. The predicted molar refractivity (Wildman–Crippen MR) is 55.7 cm³/mol. The van der Waals surface area contributed by atoms with Crippen molar-refractivity contribution >= 4 is 17.2 Å². The van der Waals surface area contributed by atoms with Gasteiger partial charge in [0.1, 0.15) is 5.92 Å². The number of hydrogen-bond donors (Lipinski definition) is 1. The van der Waals surface area contributed by atoms with Gasteiger partial charge in [0.25, 0.3) is 0 Å². The van der Waals surface area contributed by atoms with Gasteiger partial charge in [-0.3, -0.25) is 0 Å². The van der Waals surface area contributed by atoms with Crippen LogP contribution >= 0.6 is 12.2 Å². The van der Waals surface area contributed by atoms with Crippen molar-refractivity contribution in [3.63, 3.8) is 0 Å². The minimum absolute atomic E-state index is 0.234. The number of methoxy groups -OCH3 is 1. The largest absolute Gasteiger partial charge is 0.399 e. The summed E-state index contributed by atoms with van der Waals surface area (Å²) in [6.07, 6.45) is -4.38. The molecule has 0 aromatic heterocycles. The molecule has 90 valence electrons. The number of nitrogens with zero attached hydrogens (tertiary/aromatic N) is 1. The van der Waals surface area contributed by atoms with E-state index in [-0.39, 0.29) is 6.54 Å². The van der Waals surface area contributed by atoms with Crippen molar-refractivity contribution in [1.82, 2.24) is 4.90 Å². The summed E-state index contributed by atoms with van der Waals surface area (Å²) in [6, 6.07) is 0. The van der Waals surface area contributed by atoms with E-state index in [0.717, 1.165) is 0 Å². The zero-order valence-electron chi connectivity index (χ0n) is 8.67. The maximum atomic E-state index is 12.4. The average Bonchev–Trinajstić information content (AvgIpc) is 2.08. The molecule has 0 heterocycles. The number of rotatable bonds is 6. The first-order valence-electron chi connectivity index (χ1n) is 4.32. The maximum absolute atomic E-state index is 12.4. The molecule has 0 aromatic rings. The highest BCUT2D eigenvalue weighted by Crippen LogP contribution is 2.26. The van der Waals surface area contributed by atoms with Crippen molar-refractivity contribution in [2.75, 3.05) is 33.9 Å². The first kappa shape index (κ1) is 14.6. The number of hydrogen-bond acceptors (Lipinski definition) is 3. The van der Waals surface area contributed by atoms with E-state index >= 15 is 0 Å². The van der Waals surface area contributed by atoms with Crippen LogP contribution in [0.3, 0.4) is 0 Å². The molecule has 0 bridgehead atoms. The molecule has 0 aliphatic rings. The van der Waals surface area contributed by atoms with E-state index < -0.39 is 17.1 Å². The molecule has 0 fully saturated rings. The van der Waals surface area contributed by atoms with Crippen LogP contribution in [-0.2, 0) is 4.74 Å². The van der Waals surface area contributed by atoms with Crippen LogP contribution in [0.25, 0.3) is 0 Å². The summed E-state index contributed by atoms with van der Waals surface area (Å²) in [6.45, 7) is 0.548. The Labute approximate surface area is 92.4 Å². The maximum Gasteiger partial charge on any atom is 0.399 e. The number of nitrogens with two attached hydrogens (primary N) is 1. The van der Waals surface area contributed by atoms with E-state index in [1.165, 1.54) is 12.0 Å². The van der Waals surface area contributed by atoms with Crippen molar-refractivity contribution in [2.45, 2.75) is 6.18 Å². The summed E-state index contributed by atoms with van der Waals surface area (Å²) in [5.41, 5.74) is 5.05. The van der Waals surface area contributed by atoms with E-state index in [2.05, 4.69) is 12.2 Å². The van der Waals surface area contributed by atoms with Crippen LogP contribution in [0.4, 0.5) is 13.2 Å². The van der Waals surface area contributed by atoms with Gasteiger partial charge in [0, 0.05) is 20.2 Å². The fraction of sp³-hybridized carbons (Fsp3) is 0.875. The second-order valence-corrected chi connectivity index (χ2v) is 3.72. The fourth-order valence-electron chi connectivity index (χ4n) is 1.00. The van der Waals surface area contributed by atoms with E-state index in [4.69, 9.17) is 10.5 Å². The van der Waals surface area contributed by atoms with Gasteiger partial charge in [0.2, 0.25) is 0 Å². The molecule has 0 saturated heterocycles. The van der Waals surface area contributed by atoms with Crippen molar-refractivity contribution in [3.05, 3.63) is 0 Å². The molecule has 0 rings (SSSR count). The van der Waals surface area contributed by atoms with Gasteiger partial charge in [0.05, 0.1) is 11.6 Å². The molecule has 0 radical (unpaired) electrons. The standard InChI is InChI=1S/C8H15F3N2OS/c1-13(3-4-14-2)5-6(7(12)15)8(9,10)11/h6H,3-5H2,1-2H3,(H2,12,15). The summed E-state index contributed by atoms with van der Waals surface area (Å²) < 4.78 is 42.0. The molecular formula is C8H15F3N2OS. The van der Waals surface area contributed by atoms with Gasteiger partial charge in [-0.1, -0.05) is 12.2 Å². The molecule has 0 spiro atoms. The molecule has 7 heteroatoms. The lowest BCUT2D eigenvalue weighted by atomic mass is 10.1. The molecule has 0 aliphatic heterocycles. The van der Waals surface area contributed by atoms with Gasteiger partial charge >= 0.3 is 6.18 Å². The molecule has 3 nitrogen and oxygen atoms in total. The van der Waals surface area contributed by atoms with Crippen LogP contribution in [0.5, 0.6) is 0 Å². The minimum Gasteiger partial charge on any atom is -0.393 e. The molecule has 1 atom stereocenters. The van der Waals surface area contributed by atoms with Crippen LogP contribution in [0.15, 0.2) is 0 Å². The van der Waals surface area contributed by atoms with E-state index in [1.807, 2.05) is 0 Å². The second-order valence-electron chi connectivity index (χ2n) is 3.25. The molecular weight excluding hydrogens is 229 g/mol. The quantitative estimate of drug-likeness (QED) is 0.708. The Morgan fingerprint density at radius 1 is 1.53 bits per heavy atom. The first-order chi connectivity index (χ1) is 6.79. The van der Waals surface area contributed by atoms with Gasteiger partial charge in [-0.05, 0) is 7.05 Å². The van der Waals surface area contributed by atoms with Crippen molar-refractivity contribution < 1.29 is 17.9 Å². The van der Waals surface area contributed by atoms with Crippen LogP contribution in [-0.4, -0.2) is 49.9 Å². The van der Waals surface area contributed by atoms with Gasteiger partial charge in [-0.2, -0.15) is 13.2 Å². The monoisotopic (exact) mass is 244 g/mol. The average molecular weight is 244 g/mol. The Bertz CT molecular complexity index is 211. The van der Waals surface area contributed by atoms with Crippen molar-refractivity contribution in [3.8, 4) is 0 Å². The van der Waals surface area contributed by atoms with Gasteiger partial charge in [-0.15, -0.1) is 0 Å². The lowest BCUT2D eigenvalue weighted by Gasteiger charge is -2.24. The number of alkyl halides is 3. The first-order valence-corrected chi connectivity index (χ1v) is 4.73. The summed E-state index contributed by atoms with van der Waals surface area (Å²) in [5, 5.41) is 0. The Morgan fingerprint density at radius 2 is 2.07 bits per heavy atom. The third kappa shape index (κ3) is 5.91. The van der Waals surface area contributed by atoms with Crippen molar-refractivity contribution in [1.29, 1.82) is 0 Å². The number of halogens is 3. The predicted octanol–water partition coefficient (Wildman–Crippen LogP) is 1.03. The van der Waals surface area contributed by atoms with Gasteiger partial charge in [-0.25, -0.2) is 0 Å². The van der Waals surface area contributed by atoms with Gasteiger partial charge in [0.15, 0.2) is 0 Å². The second kappa shape index (κ2) is 6.24. The summed E-state index contributed by atoms with van der Waals surface area (Å²) in [5.74, 6) is -1.76. The number of ether oxygens (including phenoxy) is 1. The highest BCUT2D eigenvalue weighted by atomic mass is 32.1. The van der Waals surface area contributed by atoms with E-state index in [1.54, 1.807) is 7.05 Å². The van der Waals surface area contributed by atoms with Gasteiger partial charge < -0.3 is 15.4 Å². The Hall–Kier alpha value is -0.400. The number of likely N-dealkylation sites (N-methyl/N-ethyl adjacent to an activating group) is 1. The van der Waals surface area contributed by atoms with E-state index in [0.29, 0.717) is 13.2 Å². The normalized spacial score (nSPS) is 14.3. The lowest BCUT2D eigenvalue weighted by molar-refractivity contribution is -0.158. The SMILES string of the molecule is COCCN(C)CC(C(N)=S)C(F)(F)F. The zero-order valence-corrected chi connectivity index (χ0v) is 9.49. The molecule has 15 heavy (non-hydrogen) atoms. The Morgan fingerprint density at radius 3 is 2.40 bits per heavy atom. The van der Waals surface area contributed by atoms with Crippen LogP contribution < -0.4 is 5.73 Å². The Balaban J connectivity index is 4.24. The van der Waals surface area contributed by atoms with Crippen LogP contribution in [0, 0.1) is 5.92 Å². The van der Waals surface area contributed by atoms with Crippen LogP contribution in [0.2, 0.25) is 0 Å². The topological polar surface area (TPSA) is 38.5 Å². The summed E-state index contributed by atoms with van der Waals surface area (Å²) in [4.78, 5) is 0.965. The molecule has 1 unspecified atom stereocenters. The molecule has 0 amide bonds. The lowest BCUT2D eigenvalue weighted by Crippen LogP contribution is -2.43. The summed E-state index contributed by atoms with van der Waals surface area (Å²) >= 11 is 4.40. The van der Waals surface area contributed by atoms with Crippen LogP contribution in [0.1, 0.15) is 0 Å². The highest BCUT2D eigenvalue weighted by Gasteiger charge is 2.42. The van der Waals surface area contributed by atoms with Crippen molar-refractivity contribution in [2.24, 2.45) is 11.7 Å². The zero-order chi connectivity index (χ0) is 12.1. The highest BCUT2D eigenvalue weighted by molar-refractivity contribution is 7.80. The smallest absolute Gasteiger partial charge is 0.393 e. The third-order valence-electron chi connectivity index (χ3n) is 1.91.